The van der Waals surface area contributed by atoms with Gasteiger partial charge < -0.3 is 11.1 Å². The van der Waals surface area contributed by atoms with Gasteiger partial charge in [-0.3, -0.25) is 10.2 Å². The molecule has 3 aromatic rings. The van der Waals surface area contributed by atoms with E-state index in [0.717, 1.165) is 15.9 Å². The van der Waals surface area contributed by atoms with Gasteiger partial charge in [-0.05, 0) is 23.6 Å². The van der Waals surface area contributed by atoms with Crippen LogP contribution in [0.25, 0.3) is 11.0 Å². The van der Waals surface area contributed by atoms with Gasteiger partial charge in [0.15, 0.2) is 0 Å². The lowest BCUT2D eigenvalue weighted by Gasteiger charge is -2.16. The van der Waals surface area contributed by atoms with Crippen LogP contribution in [-0.4, -0.2) is 21.6 Å². The number of para-hydroxylation sites is 2. The van der Waals surface area contributed by atoms with E-state index in [1.165, 1.54) is 11.3 Å². The number of nitrogens with zero attached hydrogens (tertiary/aromatic N) is 2. The smallest absolute Gasteiger partial charge is 0.312 e. The minimum atomic E-state index is -0.663. The molecule has 0 aliphatic rings. The van der Waals surface area contributed by atoms with Crippen LogP contribution in [0.3, 0.4) is 0 Å². The fourth-order valence-corrected chi connectivity index (χ4v) is 3.08. The van der Waals surface area contributed by atoms with Crippen LogP contribution in [0.2, 0.25) is 0 Å². The van der Waals surface area contributed by atoms with Gasteiger partial charge in [0.1, 0.15) is 6.33 Å². The Morgan fingerprint density at radius 1 is 1.26 bits per heavy atom. The van der Waals surface area contributed by atoms with Crippen molar-refractivity contribution in [1.82, 2.24) is 15.0 Å². The van der Waals surface area contributed by atoms with Gasteiger partial charge in [-0.1, -0.05) is 18.2 Å². The zero-order chi connectivity index (χ0) is 16.2. The van der Waals surface area contributed by atoms with Gasteiger partial charge >= 0.3 is 6.03 Å². The summed E-state index contributed by atoms with van der Waals surface area (Å²) in [4.78, 5) is 28.5. The number of hydrogen-bond donors (Lipinski definition) is 3. The van der Waals surface area contributed by atoms with E-state index in [1.54, 1.807) is 11.0 Å². The van der Waals surface area contributed by atoms with Crippen LogP contribution < -0.4 is 16.5 Å². The molecule has 8 heteroatoms. The average molecular weight is 329 g/mol. The molecule has 0 saturated carbocycles. The van der Waals surface area contributed by atoms with Crippen molar-refractivity contribution in [2.45, 2.75) is 12.5 Å². The molecule has 0 bridgehead atoms. The molecular formula is C15H15N5O2S. The highest BCUT2D eigenvalue weighted by molar-refractivity contribution is 7.10. The van der Waals surface area contributed by atoms with Gasteiger partial charge in [0, 0.05) is 4.88 Å². The number of nitrogens with one attached hydrogen (secondary N) is 2. The molecule has 0 radical (unpaired) electrons. The number of urea groups is 1. The molecular weight excluding hydrogens is 314 g/mol. The predicted octanol–water partition coefficient (Wildman–Crippen LogP) is 1.97. The standard InChI is InChI=1S/C15H15N5O2S/c16-15(22)18-11(13-6-3-7-23-13)8-14(21)19-20-9-17-10-4-1-2-5-12(10)20/h1-7,9,11H,8H2,(H,19,21)(H3,16,18,22). The summed E-state index contributed by atoms with van der Waals surface area (Å²) in [5, 5.41) is 4.47. The third kappa shape index (κ3) is 3.49. The number of thiophene rings is 1. The van der Waals surface area contributed by atoms with E-state index in [-0.39, 0.29) is 12.3 Å². The molecule has 2 heterocycles. The normalized spacial score (nSPS) is 12.0. The average Bonchev–Trinajstić information content (AvgIpc) is 3.16. The Labute approximate surface area is 136 Å². The van der Waals surface area contributed by atoms with Crippen molar-refractivity contribution in [3.05, 3.63) is 53.0 Å². The Morgan fingerprint density at radius 3 is 2.83 bits per heavy atom. The zero-order valence-corrected chi connectivity index (χ0v) is 12.9. The number of benzene rings is 1. The maximum atomic E-state index is 12.3. The number of carbonyl (C=O) groups is 2. The van der Waals surface area contributed by atoms with Crippen LogP contribution in [0.4, 0.5) is 4.79 Å². The number of imidazole rings is 1. The Kier molecular flexibility index (Phi) is 4.24. The van der Waals surface area contributed by atoms with Gasteiger partial charge in [0.2, 0.25) is 5.91 Å². The van der Waals surface area contributed by atoms with Crippen molar-refractivity contribution in [1.29, 1.82) is 0 Å². The minimum absolute atomic E-state index is 0.0793. The Hall–Kier alpha value is -2.87. The molecule has 0 spiro atoms. The second kappa shape index (κ2) is 6.49. The first-order chi connectivity index (χ1) is 11.1. The summed E-state index contributed by atoms with van der Waals surface area (Å²) in [6.07, 6.45) is 1.63. The highest BCUT2D eigenvalue weighted by Crippen LogP contribution is 2.22. The summed E-state index contributed by atoms with van der Waals surface area (Å²) in [5.41, 5.74) is 9.54. The zero-order valence-electron chi connectivity index (χ0n) is 12.1. The summed E-state index contributed by atoms with van der Waals surface area (Å²) in [6, 6.07) is 10.1. The van der Waals surface area contributed by atoms with E-state index in [9.17, 15) is 9.59 Å². The highest BCUT2D eigenvalue weighted by Gasteiger charge is 2.19. The predicted molar refractivity (Wildman–Crippen MR) is 88.5 cm³/mol. The molecule has 1 aromatic carbocycles. The number of aromatic nitrogens is 2. The first-order valence-electron chi connectivity index (χ1n) is 6.95. The monoisotopic (exact) mass is 329 g/mol. The molecule has 3 amide bonds. The SMILES string of the molecule is NC(=O)NC(CC(=O)Nn1cnc2ccccc21)c1cccs1. The topological polar surface area (TPSA) is 102 Å². The number of rotatable bonds is 5. The van der Waals surface area contributed by atoms with Crippen molar-refractivity contribution < 1.29 is 9.59 Å². The highest BCUT2D eigenvalue weighted by atomic mass is 32.1. The van der Waals surface area contributed by atoms with Gasteiger partial charge in [-0.25, -0.2) is 14.5 Å². The fraction of sp³-hybridized carbons (Fsp3) is 0.133. The molecule has 0 fully saturated rings. The molecule has 1 atom stereocenters. The molecule has 2 aromatic heterocycles. The first-order valence-corrected chi connectivity index (χ1v) is 7.83. The number of hydrogen-bond acceptors (Lipinski definition) is 4. The largest absolute Gasteiger partial charge is 0.352 e. The van der Waals surface area contributed by atoms with Crippen molar-refractivity contribution in [2.75, 3.05) is 5.43 Å². The molecule has 0 aliphatic carbocycles. The minimum Gasteiger partial charge on any atom is -0.352 e. The molecule has 3 rings (SSSR count). The van der Waals surface area contributed by atoms with Crippen molar-refractivity contribution >= 4 is 34.3 Å². The Morgan fingerprint density at radius 2 is 2.09 bits per heavy atom. The number of carbonyl (C=O) groups excluding carboxylic acids is 2. The summed E-state index contributed by atoms with van der Waals surface area (Å²) in [7, 11) is 0. The molecule has 118 valence electrons. The fourth-order valence-electron chi connectivity index (χ4n) is 2.30. The third-order valence-corrected chi connectivity index (χ3v) is 4.28. The number of amides is 3. The molecule has 4 N–H and O–H groups in total. The number of fused-ring (bicyclic) bond motifs is 1. The maximum Gasteiger partial charge on any atom is 0.312 e. The van der Waals surface area contributed by atoms with E-state index in [0.29, 0.717) is 0 Å². The van der Waals surface area contributed by atoms with Gasteiger partial charge in [-0.2, -0.15) is 0 Å². The van der Waals surface area contributed by atoms with E-state index in [1.807, 2.05) is 41.8 Å². The van der Waals surface area contributed by atoms with Crippen molar-refractivity contribution in [3.63, 3.8) is 0 Å². The number of primary amides is 1. The number of nitrogens with two attached hydrogens (primary N) is 1. The molecule has 7 nitrogen and oxygen atoms in total. The van der Waals surface area contributed by atoms with E-state index in [4.69, 9.17) is 5.73 Å². The summed E-state index contributed by atoms with van der Waals surface area (Å²) >= 11 is 1.46. The Balaban J connectivity index is 1.73. The lowest BCUT2D eigenvalue weighted by Crippen LogP contribution is -2.35. The quantitative estimate of drug-likeness (QED) is 0.667. The van der Waals surface area contributed by atoms with Crippen LogP contribution in [0.15, 0.2) is 48.1 Å². The second-order valence-corrected chi connectivity index (χ2v) is 5.90. The Bertz CT molecular complexity index is 827. The van der Waals surface area contributed by atoms with Crippen LogP contribution in [-0.2, 0) is 4.79 Å². The van der Waals surface area contributed by atoms with E-state index >= 15 is 0 Å². The van der Waals surface area contributed by atoms with Crippen LogP contribution in [0.5, 0.6) is 0 Å². The van der Waals surface area contributed by atoms with Crippen LogP contribution >= 0.6 is 11.3 Å². The van der Waals surface area contributed by atoms with E-state index < -0.39 is 12.1 Å². The molecule has 0 aliphatic heterocycles. The summed E-state index contributed by atoms with van der Waals surface area (Å²) < 4.78 is 1.56. The summed E-state index contributed by atoms with van der Waals surface area (Å²) in [5.74, 6) is -0.250. The molecule has 1 unspecified atom stereocenters. The van der Waals surface area contributed by atoms with Gasteiger partial charge in [0.25, 0.3) is 0 Å². The van der Waals surface area contributed by atoms with Gasteiger partial charge in [0.05, 0.1) is 23.5 Å². The van der Waals surface area contributed by atoms with Crippen molar-refractivity contribution in [3.8, 4) is 0 Å². The summed E-state index contributed by atoms with van der Waals surface area (Å²) in [6.45, 7) is 0. The van der Waals surface area contributed by atoms with Crippen LogP contribution in [0.1, 0.15) is 17.3 Å². The molecule has 23 heavy (non-hydrogen) atoms. The third-order valence-electron chi connectivity index (χ3n) is 3.29. The van der Waals surface area contributed by atoms with E-state index in [2.05, 4.69) is 15.7 Å². The first kappa shape index (κ1) is 15.0. The maximum absolute atomic E-state index is 12.3. The lowest BCUT2D eigenvalue weighted by atomic mass is 10.1. The molecule has 0 saturated heterocycles. The van der Waals surface area contributed by atoms with Crippen molar-refractivity contribution in [2.24, 2.45) is 5.73 Å². The second-order valence-electron chi connectivity index (χ2n) is 4.92. The lowest BCUT2D eigenvalue weighted by molar-refractivity contribution is -0.117. The van der Waals surface area contributed by atoms with Gasteiger partial charge in [-0.15, -0.1) is 11.3 Å². The van der Waals surface area contributed by atoms with Crippen LogP contribution in [0, 0.1) is 0 Å².